The molecule has 0 amide bonds. The Balaban J connectivity index is 0. The molecule has 0 fully saturated rings. The van der Waals surface area contributed by atoms with Crippen molar-refractivity contribution in [3.63, 3.8) is 0 Å². The van der Waals surface area contributed by atoms with E-state index in [1.54, 1.807) is 13.8 Å². The van der Waals surface area contributed by atoms with E-state index in [9.17, 15) is 9.90 Å². The summed E-state index contributed by atoms with van der Waals surface area (Å²) >= 11 is 0. The zero-order valence-electron chi connectivity index (χ0n) is 9.76. The molecule has 0 aromatic rings. The van der Waals surface area contributed by atoms with Gasteiger partial charge < -0.3 is 14.4 Å². The van der Waals surface area contributed by atoms with Crippen LogP contribution in [0, 0.1) is 5.92 Å². The molecule has 0 bridgehead atoms. The first kappa shape index (κ1) is 14.9. The first-order valence-corrected chi connectivity index (χ1v) is 4.72. The summed E-state index contributed by atoms with van der Waals surface area (Å²) in [4.78, 5) is 9.59. The molecule has 0 rings (SSSR count). The molecule has 0 aliphatic carbocycles. The number of hydrogen-bond acceptors (Lipinski definition) is 2. The monoisotopic (exact) mass is 189 g/mol. The number of carbonyl (C=O) groups excluding carboxylic acids is 1. The van der Waals surface area contributed by atoms with Gasteiger partial charge in [0.2, 0.25) is 0 Å². The molecule has 80 valence electrons. The number of rotatable bonds is 3. The van der Waals surface area contributed by atoms with Crippen LogP contribution < -0.4 is 5.11 Å². The Labute approximate surface area is 82.0 Å². The Morgan fingerprint density at radius 1 is 1.31 bits per heavy atom. The molecule has 0 aliphatic heterocycles. The van der Waals surface area contributed by atoms with E-state index in [1.807, 2.05) is 0 Å². The van der Waals surface area contributed by atoms with Crippen molar-refractivity contribution < 1.29 is 14.4 Å². The van der Waals surface area contributed by atoms with Crippen LogP contribution in [0.5, 0.6) is 0 Å². The van der Waals surface area contributed by atoms with Gasteiger partial charge >= 0.3 is 0 Å². The van der Waals surface area contributed by atoms with Crippen molar-refractivity contribution >= 4 is 5.97 Å². The van der Waals surface area contributed by atoms with Gasteiger partial charge in [-0.2, -0.15) is 0 Å². The average Bonchev–Trinajstić information content (AvgIpc) is 1.85. The number of carboxylic acids is 1. The first-order chi connectivity index (χ1) is 5.70. The lowest BCUT2D eigenvalue weighted by Crippen LogP contribution is -2.34. The number of carbonyl (C=O) groups is 1. The second kappa shape index (κ2) is 6.89. The van der Waals surface area contributed by atoms with Crippen LogP contribution in [0.2, 0.25) is 0 Å². The molecular weight excluding hydrogens is 166 g/mol. The molecule has 0 radical (unpaired) electrons. The highest BCUT2D eigenvalue weighted by atomic mass is 16.4. The van der Waals surface area contributed by atoms with Gasteiger partial charge in [-0.1, -0.05) is 20.8 Å². The van der Waals surface area contributed by atoms with Crippen molar-refractivity contribution in [3.05, 3.63) is 0 Å². The van der Waals surface area contributed by atoms with E-state index in [4.69, 9.17) is 0 Å². The highest BCUT2D eigenvalue weighted by molar-refractivity contribution is 5.66. The third-order valence-corrected chi connectivity index (χ3v) is 1.37. The Morgan fingerprint density at radius 2 is 1.62 bits per heavy atom. The summed E-state index contributed by atoms with van der Waals surface area (Å²) < 4.78 is 1.09. The minimum Gasteiger partial charge on any atom is -0.550 e. The maximum Gasteiger partial charge on any atom is 0.0777 e. The van der Waals surface area contributed by atoms with Gasteiger partial charge in [-0.3, -0.25) is 0 Å². The Hall–Kier alpha value is -0.570. The second-order valence-corrected chi connectivity index (χ2v) is 4.49. The summed E-state index contributed by atoms with van der Waals surface area (Å²) in [7, 11) is 6.64. The highest BCUT2D eigenvalue weighted by Gasteiger charge is 2.01. The van der Waals surface area contributed by atoms with E-state index < -0.39 is 5.97 Å². The quantitative estimate of drug-likeness (QED) is 0.606. The van der Waals surface area contributed by atoms with Crippen LogP contribution in [-0.2, 0) is 4.79 Å². The van der Waals surface area contributed by atoms with Gasteiger partial charge in [-0.15, -0.1) is 0 Å². The normalized spacial score (nSPS) is 10.7. The Morgan fingerprint density at radius 3 is 1.62 bits per heavy atom. The molecule has 0 atom stereocenters. The number of hydrogen-bond donors (Lipinski definition) is 0. The number of nitrogens with zero attached hydrogens (tertiary/aromatic N) is 1. The van der Waals surface area contributed by atoms with Gasteiger partial charge in [0.1, 0.15) is 0 Å². The SMILES string of the molecule is CC(C)C(=O)[O-].CCC[N+](C)(C)C. The van der Waals surface area contributed by atoms with Crippen molar-refractivity contribution in [1.29, 1.82) is 0 Å². The third kappa shape index (κ3) is 18.4. The lowest BCUT2D eigenvalue weighted by Gasteiger charge is -2.22. The van der Waals surface area contributed by atoms with Crippen LogP contribution in [0.15, 0.2) is 0 Å². The van der Waals surface area contributed by atoms with Crippen molar-refractivity contribution in [2.75, 3.05) is 27.7 Å². The predicted octanol–water partition coefficient (Wildman–Crippen LogP) is 0.495. The molecule has 0 N–H and O–H groups in total. The van der Waals surface area contributed by atoms with Crippen molar-refractivity contribution in [3.8, 4) is 0 Å². The summed E-state index contributed by atoms with van der Waals surface area (Å²) in [6, 6.07) is 0. The summed E-state index contributed by atoms with van der Waals surface area (Å²) in [5, 5.41) is 9.59. The van der Waals surface area contributed by atoms with E-state index in [0.717, 1.165) is 4.48 Å². The van der Waals surface area contributed by atoms with Crippen LogP contribution in [0.4, 0.5) is 0 Å². The molecule has 0 spiro atoms. The second-order valence-electron chi connectivity index (χ2n) is 4.49. The molecular formula is C10H23NO2. The average molecular weight is 189 g/mol. The minimum atomic E-state index is -0.991. The largest absolute Gasteiger partial charge is 0.550 e. The summed E-state index contributed by atoms with van der Waals surface area (Å²) in [5.74, 6) is -1.33. The molecule has 0 aromatic carbocycles. The topological polar surface area (TPSA) is 40.1 Å². The number of aliphatic carboxylic acids is 1. The lowest BCUT2D eigenvalue weighted by molar-refractivity contribution is -0.870. The predicted molar refractivity (Wildman–Crippen MR) is 53.0 cm³/mol. The number of carboxylic acid groups (broad SMARTS) is 1. The molecule has 13 heavy (non-hydrogen) atoms. The fraction of sp³-hybridized carbons (Fsp3) is 0.900. The van der Waals surface area contributed by atoms with Crippen LogP contribution in [-0.4, -0.2) is 38.1 Å². The molecule has 0 saturated carbocycles. The lowest BCUT2D eigenvalue weighted by atomic mass is 10.2. The molecule has 0 heterocycles. The van der Waals surface area contributed by atoms with Gasteiger partial charge in [0.05, 0.1) is 27.7 Å². The van der Waals surface area contributed by atoms with E-state index in [0.29, 0.717) is 0 Å². The van der Waals surface area contributed by atoms with Crippen LogP contribution >= 0.6 is 0 Å². The van der Waals surface area contributed by atoms with E-state index in [1.165, 1.54) is 13.0 Å². The summed E-state index contributed by atoms with van der Waals surface area (Å²) in [6.07, 6.45) is 1.28. The fourth-order valence-corrected chi connectivity index (χ4v) is 0.671. The van der Waals surface area contributed by atoms with Crippen LogP contribution in [0.1, 0.15) is 27.2 Å². The molecule has 3 nitrogen and oxygen atoms in total. The Bertz CT molecular complexity index is 136. The zero-order chi connectivity index (χ0) is 11.1. The highest BCUT2D eigenvalue weighted by Crippen LogP contribution is 1.90. The van der Waals surface area contributed by atoms with Crippen LogP contribution in [0.3, 0.4) is 0 Å². The summed E-state index contributed by atoms with van der Waals surface area (Å²) in [6.45, 7) is 6.65. The maximum atomic E-state index is 9.59. The van der Waals surface area contributed by atoms with E-state index in [2.05, 4.69) is 28.1 Å². The first-order valence-electron chi connectivity index (χ1n) is 4.72. The molecule has 0 unspecified atom stereocenters. The smallest absolute Gasteiger partial charge is 0.0777 e. The number of quaternary nitrogens is 1. The van der Waals surface area contributed by atoms with Crippen molar-refractivity contribution in [2.45, 2.75) is 27.2 Å². The van der Waals surface area contributed by atoms with E-state index >= 15 is 0 Å². The molecule has 0 aromatic heterocycles. The van der Waals surface area contributed by atoms with Gasteiger partial charge in [-0.25, -0.2) is 0 Å². The van der Waals surface area contributed by atoms with Gasteiger partial charge in [0, 0.05) is 5.97 Å². The zero-order valence-corrected chi connectivity index (χ0v) is 9.76. The standard InChI is InChI=1S/C6H16N.C4H8O2/c1-5-6-7(2,3)4;1-3(2)4(5)6/h5-6H2,1-4H3;3H,1-2H3,(H,5,6)/q+1;/p-1. The summed E-state index contributed by atoms with van der Waals surface area (Å²) in [5.41, 5.74) is 0. The van der Waals surface area contributed by atoms with Gasteiger partial charge in [0.15, 0.2) is 0 Å². The molecule has 0 aliphatic rings. The minimum absolute atomic E-state index is 0.343. The van der Waals surface area contributed by atoms with Crippen LogP contribution in [0.25, 0.3) is 0 Å². The van der Waals surface area contributed by atoms with Crippen molar-refractivity contribution in [2.24, 2.45) is 5.92 Å². The molecule has 0 saturated heterocycles. The Kier molecular flexibility index (Phi) is 7.92. The fourth-order valence-electron chi connectivity index (χ4n) is 0.671. The van der Waals surface area contributed by atoms with Crippen molar-refractivity contribution in [1.82, 2.24) is 0 Å². The van der Waals surface area contributed by atoms with Gasteiger partial charge in [0.25, 0.3) is 0 Å². The molecule has 3 heteroatoms. The third-order valence-electron chi connectivity index (χ3n) is 1.37. The maximum absolute atomic E-state index is 9.59. The van der Waals surface area contributed by atoms with E-state index in [-0.39, 0.29) is 5.92 Å². The van der Waals surface area contributed by atoms with Gasteiger partial charge in [-0.05, 0) is 12.3 Å².